The molecule has 21 heavy (non-hydrogen) atoms. The van der Waals surface area contributed by atoms with E-state index in [2.05, 4.69) is 5.32 Å². The van der Waals surface area contributed by atoms with Crippen molar-refractivity contribution in [2.75, 3.05) is 5.32 Å². The Morgan fingerprint density at radius 1 is 0.952 bits per heavy atom. The van der Waals surface area contributed by atoms with Gasteiger partial charge in [0, 0.05) is 5.69 Å². The fourth-order valence-corrected chi connectivity index (χ4v) is 1.92. The number of nitrogens with one attached hydrogen (secondary N) is 1. The highest BCUT2D eigenvalue weighted by molar-refractivity contribution is 5.97. The summed E-state index contributed by atoms with van der Waals surface area (Å²) in [5.41, 5.74) is 13.4. The second-order valence-electron chi connectivity index (χ2n) is 4.71. The lowest BCUT2D eigenvalue weighted by Gasteiger charge is -2.11. The Hall–Kier alpha value is -2.66. The Balaban J connectivity index is 2.03. The van der Waals surface area contributed by atoms with Gasteiger partial charge in [-0.3, -0.25) is 9.59 Å². The van der Waals surface area contributed by atoms with E-state index in [4.69, 9.17) is 11.5 Å². The van der Waals surface area contributed by atoms with Gasteiger partial charge in [0.05, 0.1) is 12.5 Å². The molecule has 0 aromatic heterocycles. The first-order valence-corrected chi connectivity index (χ1v) is 6.56. The molecule has 108 valence electrons. The van der Waals surface area contributed by atoms with Crippen molar-refractivity contribution in [1.29, 1.82) is 0 Å². The maximum Gasteiger partial charge on any atom is 0.241 e. The molecule has 5 nitrogen and oxygen atoms in total. The first-order valence-electron chi connectivity index (χ1n) is 6.56. The van der Waals surface area contributed by atoms with Gasteiger partial charge in [-0.25, -0.2) is 0 Å². The number of hydrogen-bond acceptors (Lipinski definition) is 3. The summed E-state index contributed by atoms with van der Waals surface area (Å²) in [6.07, 6.45) is -0.173. The molecule has 0 bridgehead atoms. The molecule has 1 atom stereocenters. The number of benzene rings is 2. The first kappa shape index (κ1) is 14.7. The molecule has 2 aromatic carbocycles. The smallest absolute Gasteiger partial charge is 0.241 e. The van der Waals surface area contributed by atoms with Gasteiger partial charge in [-0.05, 0) is 23.3 Å². The van der Waals surface area contributed by atoms with Crippen LogP contribution in [0.5, 0.6) is 0 Å². The number of carbonyl (C=O) groups excluding carboxylic acids is 2. The largest absolute Gasteiger partial charge is 0.370 e. The maximum atomic E-state index is 11.8. The molecule has 0 aliphatic heterocycles. The minimum absolute atomic E-state index is 0.173. The molecule has 2 rings (SSSR count). The zero-order chi connectivity index (χ0) is 15.2. The molecule has 0 spiro atoms. The van der Waals surface area contributed by atoms with E-state index in [1.165, 1.54) is 0 Å². The summed E-state index contributed by atoms with van der Waals surface area (Å²) in [6.45, 7) is 0. The highest BCUT2D eigenvalue weighted by atomic mass is 16.2. The van der Waals surface area contributed by atoms with Gasteiger partial charge in [-0.2, -0.15) is 0 Å². The van der Waals surface area contributed by atoms with Crippen LogP contribution < -0.4 is 16.8 Å². The summed E-state index contributed by atoms with van der Waals surface area (Å²) in [5.74, 6) is -1.03. The van der Waals surface area contributed by atoms with Crippen LogP contribution in [0.1, 0.15) is 6.42 Å². The molecule has 0 heterocycles. The molecule has 0 saturated heterocycles. The highest BCUT2D eigenvalue weighted by Gasteiger charge is 2.15. The average molecular weight is 283 g/mol. The minimum atomic E-state index is -0.934. The Morgan fingerprint density at radius 3 is 2.10 bits per heavy atom. The van der Waals surface area contributed by atoms with Crippen molar-refractivity contribution in [3.05, 3.63) is 54.6 Å². The van der Waals surface area contributed by atoms with E-state index in [-0.39, 0.29) is 6.42 Å². The molecule has 2 amide bonds. The van der Waals surface area contributed by atoms with Crippen LogP contribution in [0, 0.1) is 0 Å². The first-order chi connectivity index (χ1) is 10.1. The quantitative estimate of drug-likeness (QED) is 0.775. The predicted molar refractivity (Wildman–Crippen MR) is 82.3 cm³/mol. The summed E-state index contributed by atoms with van der Waals surface area (Å²) < 4.78 is 0. The third-order valence-corrected chi connectivity index (χ3v) is 3.02. The standard InChI is InChI=1S/C16H17N3O2/c17-14(10-15(18)20)16(21)19-13-8-6-12(7-9-13)11-4-2-1-3-5-11/h1-9,14H,10,17H2,(H2,18,20)(H,19,21). The Bertz CT molecular complexity index is 624. The summed E-state index contributed by atoms with van der Waals surface area (Å²) in [4.78, 5) is 22.5. The van der Waals surface area contributed by atoms with Crippen LogP contribution in [0.15, 0.2) is 54.6 Å². The van der Waals surface area contributed by atoms with Crippen LogP contribution in [0.2, 0.25) is 0 Å². The molecular weight excluding hydrogens is 266 g/mol. The molecule has 1 unspecified atom stereocenters. The predicted octanol–water partition coefficient (Wildman–Crippen LogP) is 1.49. The third kappa shape index (κ3) is 4.15. The van der Waals surface area contributed by atoms with E-state index in [1.807, 2.05) is 42.5 Å². The lowest BCUT2D eigenvalue weighted by Crippen LogP contribution is -2.38. The number of amides is 2. The van der Waals surface area contributed by atoms with Crippen LogP contribution in [0.25, 0.3) is 11.1 Å². The van der Waals surface area contributed by atoms with Crippen molar-refractivity contribution < 1.29 is 9.59 Å². The number of carbonyl (C=O) groups is 2. The number of hydrogen-bond donors (Lipinski definition) is 3. The SMILES string of the molecule is NC(=O)CC(N)C(=O)Nc1ccc(-c2ccccc2)cc1. The van der Waals surface area contributed by atoms with Crippen LogP contribution >= 0.6 is 0 Å². The van der Waals surface area contributed by atoms with Gasteiger partial charge in [0.25, 0.3) is 0 Å². The molecule has 0 aliphatic carbocycles. The molecule has 2 aromatic rings. The Kier molecular flexibility index (Phi) is 4.68. The lowest BCUT2D eigenvalue weighted by atomic mass is 10.1. The molecule has 0 saturated carbocycles. The summed E-state index contributed by atoms with van der Waals surface area (Å²) >= 11 is 0. The molecule has 5 heteroatoms. The molecule has 5 N–H and O–H groups in total. The van der Waals surface area contributed by atoms with Crippen molar-refractivity contribution >= 4 is 17.5 Å². The van der Waals surface area contributed by atoms with Gasteiger partial charge < -0.3 is 16.8 Å². The minimum Gasteiger partial charge on any atom is -0.370 e. The topological polar surface area (TPSA) is 98.2 Å². The van der Waals surface area contributed by atoms with Crippen LogP contribution in [0.3, 0.4) is 0 Å². The molecule has 0 aliphatic rings. The molecular formula is C16H17N3O2. The van der Waals surface area contributed by atoms with E-state index < -0.39 is 17.9 Å². The van der Waals surface area contributed by atoms with Crippen molar-refractivity contribution in [1.82, 2.24) is 0 Å². The van der Waals surface area contributed by atoms with E-state index in [1.54, 1.807) is 12.1 Å². The number of rotatable bonds is 5. The number of anilines is 1. The van der Waals surface area contributed by atoms with Gasteiger partial charge >= 0.3 is 0 Å². The van der Waals surface area contributed by atoms with Gasteiger partial charge in [0.2, 0.25) is 11.8 Å². The summed E-state index contributed by atoms with van der Waals surface area (Å²) in [7, 11) is 0. The Morgan fingerprint density at radius 2 is 1.52 bits per heavy atom. The van der Waals surface area contributed by atoms with Crippen LogP contribution in [-0.4, -0.2) is 17.9 Å². The second kappa shape index (κ2) is 6.67. The fourth-order valence-electron chi connectivity index (χ4n) is 1.92. The summed E-state index contributed by atoms with van der Waals surface area (Å²) in [5, 5.41) is 2.65. The van der Waals surface area contributed by atoms with E-state index in [9.17, 15) is 9.59 Å². The van der Waals surface area contributed by atoms with Crippen LogP contribution in [-0.2, 0) is 9.59 Å². The maximum absolute atomic E-state index is 11.8. The average Bonchev–Trinajstić information content (AvgIpc) is 2.48. The monoisotopic (exact) mass is 283 g/mol. The van der Waals surface area contributed by atoms with Crippen molar-refractivity contribution in [3.63, 3.8) is 0 Å². The fraction of sp³-hybridized carbons (Fsp3) is 0.125. The molecule has 0 fully saturated rings. The van der Waals surface area contributed by atoms with Crippen molar-refractivity contribution in [2.45, 2.75) is 12.5 Å². The molecule has 0 radical (unpaired) electrons. The lowest BCUT2D eigenvalue weighted by molar-refractivity contribution is -0.123. The second-order valence-corrected chi connectivity index (χ2v) is 4.71. The van der Waals surface area contributed by atoms with E-state index in [0.717, 1.165) is 11.1 Å². The van der Waals surface area contributed by atoms with Gasteiger partial charge in [0.1, 0.15) is 0 Å². The van der Waals surface area contributed by atoms with Crippen molar-refractivity contribution in [3.8, 4) is 11.1 Å². The summed E-state index contributed by atoms with van der Waals surface area (Å²) in [6, 6.07) is 16.4. The highest BCUT2D eigenvalue weighted by Crippen LogP contribution is 2.21. The van der Waals surface area contributed by atoms with Crippen LogP contribution in [0.4, 0.5) is 5.69 Å². The third-order valence-electron chi connectivity index (χ3n) is 3.02. The zero-order valence-corrected chi connectivity index (χ0v) is 11.5. The normalized spacial score (nSPS) is 11.7. The van der Waals surface area contributed by atoms with Gasteiger partial charge in [-0.15, -0.1) is 0 Å². The Labute approximate surface area is 123 Å². The van der Waals surface area contributed by atoms with E-state index >= 15 is 0 Å². The zero-order valence-electron chi connectivity index (χ0n) is 11.5. The number of nitrogens with two attached hydrogens (primary N) is 2. The van der Waals surface area contributed by atoms with Gasteiger partial charge in [0.15, 0.2) is 0 Å². The van der Waals surface area contributed by atoms with E-state index in [0.29, 0.717) is 5.69 Å². The van der Waals surface area contributed by atoms with Gasteiger partial charge in [-0.1, -0.05) is 42.5 Å². The van der Waals surface area contributed by atoms with Crippen molar-refractivity contribution in [2.24, 2.45) is 11.5 Å². The number of primary amides is 1.